The summed E-state index contributed by atoms with van der Waals surface area (Å²) in [6.45, 7) is 3.26. The number of carbonyl (C=O) groups is 1. The molecule has 0 atom stereocenters. The minimum Gasteiger partial charge on any atom is -0.448 e. The molecule has 0 saturated carbocycles. The van der Waals surface area contributed by atoms with Gasteiger partial charge in [0, 0.05) is 38.8 Å². The molecule has 1 aliphatic heterocycles. The molecule has 40 heavy (non-hydrogen) atoms. The van der Waals surface area contributed by atoms with E-state index in [1.807, 2.05) is 59.2 Å². The second-order valence-electron chi connectivity index (χ2n) is 9.97. The van der Waals surface area contributed by atoms with E-state index in [0.29, 0.717) is 56.5 Å². The lowest BCUT2D eigenvalue weighted by Gasteiger charge is -2.32. The second-order valence-corrected chi connectivity index (χ2v) is 9.97. The molecular weight excluding hydrogens is 510 g/mol. The lowest BCUT2D eigenvalue weighted by atomic mass is 10.0. The summed E-state index contributed by atoms with van der Waals surface area (Å²) in [6, 6.07) is 25.3. The van der Waals surface area contributed by atoms with E-state index in [4.69, 9.17) is 9.57 Å². The number of amides is 1. The Morgan fingerprint density at radius 2 is 1.60 bits per heavy atom. The fourth-order valence-corrected chi connectivity index (χ4v) is 5.24. The molecule has 1 aliphatic rings. The van der Waals surface area contributed by atoms with Crippen LogP contribution in [-0.2, 0) is 22.7 Å². The highest BCUT2D eigenvalue weighted by Crippen LogP contribution is 2.25. The highest BCUT2D eigenvalue weighted by Gasteiger charge is 2.27. The topological polar surface area (TPSA) is 103 Å². The van der Waals surface area contributed by atoms with Gasteiger partial charge in [-0.15, -0.1) is 5.23 Å². The molecule has 2 heterocycles. The number of H-pyrrole nitrogens is 1. The number of fused-ring (bicyclic) bond motifs is 1. The van der Waals surface area contributed by atoms with Crippen LogP contribution in [0.25, 0.3) is 11.0 Å². The van der Waals surface area contributed by atoms with E-state index in [9.17, 15) is 14.8 Å². The summed E-state index contributed by atoms with van der Waals surface area (Å²) in [4.78, 5) is 37.1. The Bertz CT molecular complexity index is 1440. The van der Waals surface area contributed by atoms with Crippen LogP contribution in [0.4, 0.5) is 10.5 Å². The molecule has 10 nitrogen and oxygen atoms in total. The smallest absolute Gasteiger partial charge is 0.409 e. The van der Waals surface area contributed by atoms with Gasteiger partial charge in [0.05, 0.1) is 23.8 Å². The summed E-state index contributed by atoms with van der Waals surface area (Å²) in [5, 5.41) is 10.4. The molecular formula is C30H35N5O5. The predicted octanol–water partition coefficient (Wildman–Crippen LogP) is 4.56. The Balaban J connectivity index is 1.15. The number of anilines is 1. The largest absolute Gasteiger partial charge is 0.448 e. The molecule has 1 saturated heterocycles. The van der Waals surface area contributed by atoms with Gasteiger partial charge >= 0.3 is 11.8 Å². The summed E-state index contributed by atoms with van der Waals surface area (Å²) in [5.41, 5.74) is 4.38. The zero-order valence-corrected chi connectivity index (χ0v) is 22.6. The van der Waals surface area contributed by atoms with Crippen LogP contribution in [0, 0.1) is 0 Å². The van der Waals surface area contributed by atoms with E-state index in [0.717, 1.165) is 16.6 Å². The quantitative estimate of drug-likeness (QED) is 0.282. The molecule has 1 fully saturated rings. The first-order chi connectivity index (χ1) is 19.5. The third kappa shape index (κ3) is 6.53. The molecule has 0 unspecified atom stereocenters. The number of likely N-dealkylation sites (tertiary alicyclic amines) is 1. The van der Waals surface area contributed by atoms with Crippen LogP contribution in [0.2, 0.25) is 0 Å². The Hall–Kier alpha value is -4.12. The number of piperidine rings is 1. The van der Waals surface area contributed by atoms with Gasteiger partial charge in [0.2, 0.25) is 0 Å². The van der Waals surface area contributed by atoms with Crippen molar-refractivity contribution in [2.75, 3.05) is 38.6 Å². The first kappa shape index (κ1) is 27.4. The van der Waals surface area contributed by atoms with Crippen LogP contribution in [0.3, 0.4) is 0 Å². The van der Waals surface area contributed by atoms with Gasteiger partial charge in [0.15, 0.2) is 0 Å². The molecule has 210 valence electrons. The minimum atomic E-state index is -0.323. The number of para-hydroxylation sites is 2. The summed E-state index contributed by atoms with van der Waals surface area (Å²) in [5.74, 6) is 0. The summed E-state index contributed by atoms with van der Waals surface area (Å²) >= 11 is 0. The number of imidazole rings is 1. The van der Waals surface area contributed by atoms with Crippen molar-refractivity contribution in [3.05, 3.63) is 100 Å². The van der Waals surface area contributed by atoms with Crippen molar-refractivity contribution in [3.8, 4) is 0 Å². The number of aromatic nitrogens is 2. The second kappa shape index (κ2) is 12.8. The van der Waals surface area contributed by atoms with Gasteiger partial charge in [-0.2, -0.15) is 0 Å². The number of hydrogen-bond acceptors (Lipinski definition) is 7. The monoisotopic (exact) mass is 545 g/mol. The highest BCUT2D eigenvalue weighted by molar-refractivity contribution is 5.75. The number of rotatable bonds is 10. The van der Waals surface area contributed by atoms with Gasteiger partial charge in [0.1, 0.15) is 6.61 Å². The van der Waals surface area contributed by atoms with E-state index in [-0.39, 0.29) is 24.4 Å². The zero-order chi connectivity index (χ0) is 27.9. The van der Waals surface area contributed by atoms with E-state index in [2.05, 4.69) is 22.0 Å². The predicted molar refractivity (Wildman–Crippen MR) is 152 cm³/mol. The average Bonchev–Trinajstić information content (AvgIpc) is 3.33. The molecule has 0 aliphatic carbocycles. The first-order valence-corrected chi connectivity index (χ1v) is 13.5. The van der Waals surface area contributed by atoms with Gasteiger partial charge in [-0.25, -0.2) is 9.59 Å². The van der Waals surface area contributed by atoms with Crippen LogP contribution in [-0.4, -0.2) is 64.0 Å². The van der Waals surface area contributed by atoms with E-state index >= 15 is 0 Å². The van der Waals surface area contributed by atoms with Gasteiger partial charge in [-0.1, -0.05) is 54.6 Å². The van der Waals surface area contributed by atoms with Gasteiger partial charge in [-0.05, 0) is 48.2 Å². The molecule has 0 spiro atoms. The van der Waals surface area contributed by atoms with Crippen LogP contribution in [0.1, 0.15) is 30.0 Å². The maximum absolute atomic E-state index is 12.9. The first-order valence-electron chi connectivity index (χ1n) is 13.5. The molecule has 1 aromatic heterocycles. The normalized spacial score (nSPS) is 14.1. The van der Waals surface area contributed by atoms with E-state index < -0.39 is 0 Å². The third-order valence-corrected chi connectivity index (χ3v) is 7.33. The Labute approximate surface area is 232 Å². The minimum absolute atomic E-state index is 0.0438. The zero-order valence-electron chi connectivity index (χ0n) is 22.6. The van der Waals surface area contributed by atoms with Gasteiger partial charge in [-0.3, -0.25) is 19.5 Å². The number of nitrogens with one attached hydrogen (secondary N) is 1. The van der Waals surface area contributed by atoms with Crippen molar-refractivity contribution in [2.45, 2.75) is 32.0 Å². The van der Waals surface area contributed by atoms with Crippen LogP contribution < -0.4 is 10.9 Å². The van der Waals surface area contributed by atoms with Crippen molar-refractivity contribution < 1.29 is 19.6 Å². The standard InChI is InChI=1S/C30H35N5O5/c1-39-35(38)26-13-11-24(12-14-26)22-32(21-23-7-3-2-4-8-23)19-20-40-30(37)33-17-15-25(16-18-33)34-28-10-6-5-9-27(28)31-29(34)36/h2-14,25,38H,15-22H2,1H3,(H,31,36). The molecule has 10 heteroatoms. The van der Waals surface area contributed by atoms with Crippen LogP contribution >= 0.6 is 0 Å². The van der Waals surface area contributed by atoms with Crippen molar-refractivity contribution >= 4 is 22.8 Å². The van der Waals surface area contributed by atoms with Crippen molar-refractivity contribution in [3.63, 3.8) is 0 Å². The summed E-state index contributed by atoms with van der Waals surface area (Å²) in [7, 11) is 1.39. The fraction of sp³-hybridized carbons (Fsp3) is 0.333. The number of ether oxygens (including phenoxy) is 1. The molecule has 4 aromatic rings. The van der Waals surface area contributed by atoms with Crippen LogP contribution in [0.5, 0.6) is 0 Å². The summed E-state index contributed by atoms with van der Waals surface area (Å²) < 4.78 is 7.51. The highest BCUT2D eigenvalue weighted by atomic mass is 16.9. The SMILES string of the molecule is CON(O)c1ccc(CN(CCOC(=O)N2CCC(n3c(=O)[nH]c4ccccc43)CC2)Cc2ccccc2)cc1. The number of nitrogens with zero attached hydrogens (tertiary/aromatic N) is 4. The van der Waals surface area contributed by atoms with Gasteiger partial charge in [0.25, 0.3) is 0 Å². The molecule has 0 radical (unpaired) electrons. The maximum atomic E-state index is 12.9. The number of benzene rings is 3. The molecule has 3 aromatic carbocycles. The Morgan fingerprint density at radius 1 is 0.950 bits per heavy atom. The molecule has 5 rings (SSSR count). The van der Waals surface area contributed by atoms with Crippen LogP contribution in [0.15, 0.2) is 83.7 Å². The average molecular weight is 546 g/mol. The molecule has 1 amide bonds. The lowest BCUT2D eigenvalue weighted by Crippen LogP contribution is -2.41. The van der Waals surface area contributed by atoms with E-state index in [1.165, 1.54) is 12.7 Å². The third-order valence-electron chi connectivity index (χ3n) is 7.33. The van der Waals surface area contributed by atoms with E-state index in [1.54, 1.807) is 17.0 Å². The van der Waals surface area contributed by atoms with Crippen molar-refractivity contribution in [1.82, 2.24) is 19.4 Å². The lowest BCUT2D eigenvalue weighted by molar-refractivity contribution is -0.0109. The summed E-state index contributed by atoms with van der Waals surface area (Å²) in [6.07, 6.45) is 1.07. The van der Waals surface area contributed by atoms with Crippen molar-refractivity contribution in [1.29, 1.82) is 0 Å². The fourth-order valence-electron chi connectivity index (χ4n) is 5.24. The Kier molecular flexibility index (Phi) is 8.80. The Morgan fingerprint density at radius 3 is 2.30 bits per heavy atom. The number of carbonyl (C=O) groups excluding carboxylic acids is 1. The number of aromatic amines is 1. The molecule has 2 N–H and O–H groups in total. The van der Waals surface area contributed by atoms with Gasteiger partial charge < -0.3 is 14.6 Å². The molecule has 0 bridgehead atoms. The van der Waals surface area contributed by atoms with Crippen molar-refractivity contribution in [2.24, 2.45) is 0 Å². The number of hydrogen-bond donors (Lipinski definition) is 2. The maximum Gasteiger partial charge on any atom is 0.409 e.